The number of aliphatic hydroxyl groups excluding tert-OH is 2. The Morgan fingerprint density at radius 3 is 2.42 bits per heavy atom. The monoisotopic (exact) mass is 836 g/mol. The number of nitrogens with zero attached hydrogens (tertiary/aromatic N) is 1. The Morgan fingerprint density at radius 1 is 1.05 bits per heavy atom. The van der Waals surface area contributed by atoms with E-state index in [1.165, 1.54) is 42.3 Å². The van der Waals surface area contributed by atoms with Crippen LogP contribution in [0.2, 0.25) is 0 Å². The van der Waals surface area contributed by atoms with E-state index in [2.05, 4.69) is 16.1 Å². The molecule has 60 heavy (non-hydrogen) atoms. The van der Waals surface area contributed by atoms with Crippen LogP contribution in [0.1, 0.15) is 93.1 Å². The van der Waals surface area contributed by atoms with Crippen molar-refractivity contribution in [3.05, 3.63) is 77.9 Å². The van der Waals surface area contributed by atoms with Crippen LogP contribution in [0, 0.1) is 17.8 Å². The van der Waals surface area contributed by atoms with Gasteiger partial charge in [-0.05, 0) is 83.1 Å². The number of cyclic esters (lactones) is 1. The number of ketones is 1. The van der Waals surface area contributed by atoms with Gasteiger partial charge in [-0.2, -0.15) is 0 Å². The van der Waals surface area contributed by atoms with E-state index >= 15 is 0 Å². The quantitative estimate of drug-likeness (QED) is 0.119. The average Bonchev–Trinajstić information content (AvgIpc) is 3.16. The Kier molecular flexibility index (Phi) is 18.9. The fourth-order valence-corrected chi connectivity index (χ4v) is 6.77. The molecule has 1 aromatic rings. The number of hydrazine groups is 1. The van der Waals surface area contributed by atoms with Gasteiger partial charge in [0.1, 0.15) is 41.4 Å². The van der Waals surface area contributed by atoms with Crippen LogP contribution in [0.5, 0.6) is 5.75 Å². The molecule has 0 radical (unpaired) electrons. The molecule has 2 heterocycles. The number of ether oxygens (including phenoxy) is 2. The molecule has 2 aliphatic rings. The number of rotatable bonds is 9. The van der Waals surface area contributed by atoms with Crippen LogP contribution in [0.25, 0.3) is 0 Å². The van der Waals surface area contributed by atoms with Crippen molar-refractivity contribution < 1.29 is 53.6 Å². The van der Waals surface area contributed by atoms with Gasteiger partial charge in [-0.25, -0.2) is 10.2 Å². The molecule has 3 amide bonds. The summed E-state index contributed by atoms with van der Waals surface area (Å²) in [4.78, 5) is 80.4. The summed E-state index contributed by atoms with van der Waals surface area (Å²) in [7, 11) is 0. The average molecular weight is 837 g/mol. The van der Waals surface area contributed by atoms with Crippen LogP contribution in [0.3, 0.4) is 0 Å². The zero-order valence-electron chi connectivity index (χ0n) is 36.1. The van der Waals surface area contributed by atoms with Crippen LogP contribution in [-0.2, 0) is 44.7 Å². The predicted molar refractivity (Wildman–Crippen MR) is 224 cm³/mol. The molecule has 0 aliphatic carbocycles. The lowest BCUT2D eigenvalue weighted by atomic mass is 9.84. The van der Waals surface area contributed by atoms with Crippen LogP contribution in [-0.4, -0.2) is 104 Å². The number of phenolic OH excluding ortho intramolecular Hbond substituents is 1. The summed E-state index contributed by atoms with van der Waals surface area (Å²) < 4.78 is 11.3. The number of hydrogen-bond donors (Lipinski definition) is 6. The van der Waals surface area contributed by atoms with E-state index < -0.39 is 89.5 Å². The van der Waals surface area contributed by atoms with Crippen molar-refractivity contribution in [2.75, 3.05) is 6.54 Å². The van der Waals surface area contributed by atoms with Gasteiger partial charge in [0, 0.05) is 37.8 Å². The molecule has 1 fully saturated rings. The van der Waals surface area contributed by atoms with Gasteiger partial charge >= 0.3 is 11.9 Å². The normalized spacial score (nSPS) is 28.2. The van der Waals surface area contributed by atoms with Gasteiger partial charge in [-0.3, -0.25) is 24.2 Å². The second kappa shape index (κ2) is 23.0. The van der Waals surface area contributed by atoms with Crippen LogP contribution in [0.4, 0.5) is 0 Å². The first kappa shape index (κ1) is 49.2. The molecule has 2 bridgehead atoms. The van der Waals surface area contributed by atoms with Crippen molar-refractivity contribution in [2.24, 2.45) is 17.8 Å². The fourth-order valence-electron chi connectivity index (χ4n) is 6.77. The Bertz CT molecular complexity index is 1800. The molecule has 2 aliphatic heterocycles. The zero-order valence-corrected chi connectivity index (χ0v) is 36.1. The number of esters is 2. The highest BCUT2D eigenvalue weighted by Gasteiger charge is 2.38. The third-order valence-electron chi connectivity index (χ3n) is 10.3. The first-order valence-electron chi connectivity index (χ1n) is 20.6. The molecular weight excluding hydrogens is 773 g/mol. The molecule has 0 aromatic heterocycles. The molecule has 15 nitrogen and oxygen atoms in total. The molecule has 330 valence electrons. The minimum Gasteiger partial charge on any atom is -0.508 e. The molecule has 0 spiro atoms. The van der Waals surface area contributed by atoms with Crippen molar-refractivity contribution in [2.45, 2.75) is 136 Å². The molecule has 1 saturated heterocycles. The first-order chi connectivity index (χ1) is 28.2. The van der Waals surface area contributed by atoms with Gasteiger partial charge in [-0.15, -0.1) is 0 Å². The minimum atomic E-state index is -1.43. The zero-order chi connectivity index (χ0) is 44.7. The predicted octanol–water partition coefficient (Wildman–Crippen LogP) is 3.67. The molecule has 1 unspecified atom stereocenters. The van der Waals surface area contributed by atoms with Gasteiger partial charge < -0.3 is 40.2 Å². The van der Waals surface area contributed by atoms with E-state index in [4.69, 9.17) is 9.47 Å². The number of nitrogens with one attached hydrogen (secondary N) is 3. The summed E-state index contributed by atoms with van der Waals surface area (Å²) in [6.45, 7) is 13.5. The Hall–Kier alpha value is -5.12. The van der Waals surface area contributed by atoms with Gasteiger partial charge in [0.15, 0.2) is 0 Å². The lowest BCUT2D eigenvalue weighted by Gasteiger charge is -2.36. The number of allylic oxidation sites excluding steroid dienone is 4. The topological polar surface area (TPSA) is 221 Å². The number of Topliss-reactive ketones (excluding diaryl/α,β-unsaturated/α-hetero) is 1. The van der Waals surface area contributed by atoms with Gasteiger partial charge in [0.05, 0.1) is 18.1 Å². The number of carbonyl (C=O) groups excluding carboxylic acids is 6. The van der Waals surface area contributed by atoms with Crippen molar-refractivity contribution in [3.63, 3.8) is 0 Å². The fraction of sp³-hybridized carbons (Fsp3) is 0.556. The number of aliphatic hydroxyl groups is 2. The third kappa shape index (κ3) is 15.8. The second-order valence-electron chi connectivity index (χ2n) is 16.9. The molecule has 8 atom stereocenters. The highest BCUT2D eigenvalue weighted by atomic mass is 16.6. The lowest BCUT2D eigenvalue weighted by Crippen LogP contribution is -2.62. The van der Waals surface area contributed by atoms with E-state index in [9.17, 15) is 44.1 Å². The Balaban J connectivity index is 2.07. The van der Waals surface area contributed by atoms with Crippen LogP contribution in [0.15, 0.2) is 72.4 Å². The number of hydrogen-bond acceptors (Lipinski definition) is 12. The van der Waals surface area contributed by atoms with Crippen molar-refractivity contribution in [3.8, 4) is 5.75 Å². The van der Waals surface area contributed by atoms with Crippen molar-refractivity contribution >= 4 is 35.4 Å². The second-order valence-corrected chi connectivity index (χ2v) is 16.9. The lowest BCUT2D eigenvalue weighted by molar-refractivity contribution is -0.156. The van der Waals surface area contributed by atoms with E-state index in [-0.39, 0.29) is 43.8 Å². The van der Waals surface area contributed by atoms with Gasteiger partial charge in [0.2, 0.25) is 11.8 Å². The summed E-state index contributed by atoms with van der Waals surface area (Å²) in [6, 6.07) is 2.88. The van der Waals surface area contributed by atoms with E-state index in [1.807, 2.05) is 0 Å². The van der Waals surface area contributed by atoms with E-state index in [0.29, 0.717) is 24.0 Å². The third-order valence-corrected chi connectivity index (χ3v) is 10.3. The summed E-state index contributed by atoms with van der Waals surface area (Å²) in [5, 5.41) is 39.5. The summed E-state index contributed by atoms with van der Waals surface area (Å²) in [6.07, 6.45) is 8.10. The van der Waals surface area contributed by atoms with Crippen LogP contribution < -0.4 is 16.1 Å². The summed E-state index contributed by atoms with van der Waals surface area (Å²) in [5.74, 6) is -5.97. The maximum Gasteiger partial charge on any atom is 0.331 e. The standard InChI is InChI=1S/C45H64N4O11/c1-27(2)39-42(56)46-35(26-31-16-13-17-32(51)25-31)43(57)49-24-14-18-34(48-49)44(58)59-37(28(3)15-12-21-38(53)60-45(6,7)8)20-11-9-10-19-36(52)30(5)40(54)33(41(55)47-39)23-22-29(4)50/h9-13,15-17,19,21,25,27,30,33-37,39-40,48,51-52,54H,14,18,20,22-24,26H2,1-8H3,(H,46,56)(H,47,55)/b11-9+,19-10+,21-12+,28-15+/t30-,33+,34?,35-,36-,37-,39-,40+/m0/s1. The minimum absolute atomic E-state index is 0.0319. The highest BCUT2D eigenvalue weighted by Crippen LogP contribution is 2.24. The molecule has 15 heteroatoms. The molecule has 3 rings (SSSR count). The molecule has 6 N–H and O–H groups in total. The Labute approximate surface area is 353 Å². The first-order valence-corrected chi connectivity index (χ1v) is 20.6. The Morgan fingerprint density at radius 2 is 1.77 bits per heavy atom. The van der Waals surface area contributed by atoms with Crippen molar-refractivity contribution in [1.82, 2.24) is 21.1 Å². The van der Waals surface area contributed by atoms with Crippen molar-refractivity contribution in [1.29, 1.82) is 0 Å². The number of carbonyl (C=O) groups is 6. The molecular formula is C45H64N4O11. The van der Waals surface area contributed by atoms with E-state index in [0.717, 1.165) is 0 Å². The van der Waals surface area contributed by atoms with E-state index in [1.54, 1.807) is 84.9 Å². The number of phenols is 1. The maximum absolute atomic E-state index is 14.3. The maximum atomic E-state index is 14.3. The highest BCUT2D eigenvalue weighted by molar-refractivity contribution is 5.93. The number of fused-ring (bicyclic) bond motifs is 2. The molecule has 1 aromatic carbocycles. The van der Waals surface area contributed by atoms with Crippen LogP contribution >= 0.6 is 0 Å². The SMILES string of the molecule is CC(=O)CC[C@H]1C(=O)N[C@@H](C(C)C)C(=O)N[C@@H](Cc2cccc(O)c2)C(=O)N2CCCC(N2)C(=O)O[C@H](/C(C)=C/C=C/C(=O)OC(C)(C)C)C/C=C/C=C/[C@H](O)[C@H](C)[C@H]1O. The summed E-state index contributed by atoms with van der Waals surface area (Å²) in [5.41, 5.74) is 3.42. The smallest absolute Gasteiger partial charge is 0.331 e. The number of benzene rings is 1. The van der Waals surface area contributed by atoms with Gasteiger partial charge in [-0.1, -0.05) is 69.4 Å². The molecule has 0 saturated carbocycles. The largest absolute Gasteiger partial charge is 0.508 e. The summed E-state index contributed by atoms with van der Waals surface area (Å²) >= 11 is 0. The van der Waals surface area contributed by atoms with Gasteiger partial charge in [0.25, 0.3) is 5.91 Å². The number of aromatic hydroxyl groups is 1. The number of amides is 3.